The van der Waals surface area contributed by atoms with Crippen molar-refractivity contribution >= 4 is 17.3 Å². The van der Waals surface area contributed by atoms with Crippen molar-refractivity contribution in [3.05, 3.63) is 118 Å². The highest BCUT2D eigenvalue weighted by atomic mass is 16.6. The van der Waals surface area contributed by atoms with Crippen LogP contribution in [0.3, 0.4) is 0 Å². The number of hydrogen-bond donors (Lipinski definition) is 0. The Morgan fingerprint density at radius 1 is 0.900 bits per heavy atom. The number of hydrogen-bond acceptors (Lipinski definition) is 5. The molecule has 0 radical (unpaired) electrons. The average molecular weight is 400 g/mol. The molecule has 0 aliphatic carbocycles. The Bertz CT molecular complexity index is 1080. The van der Waals surface area contributed by atoms with Gasteiger partial charge in [0.15, 0.2) is 0 Å². The van der Waals surface area contributed by atoms with Crippen LogP contribution in [0, 0.1) is 10.1 Å². The molecule has 150 valence electrons. The van der Waals surface area contributed by atoms with Gasteiger partial charge in [-0.2, -0.15) is 0 Å². The summed E-state index contributed by atoms with van der Waals surface area (Å²) in [5, 5.41) is 11.1. The van der Waals surface area contributed by atoms with E-state index >= 15 is 0 Å². The number of benzene rings is 3. The molecule has 0 saturated carbocycles. The normalized spacial score (nSPS) is 18.0. The third-order valence-corrected chi connectivity index (χ3v) is 5.27. The first-order chi connectivity index (χ1) is 14.6. The van der Waals surface area contributed by atoms with Gasteiger partial charge in [-0.3, -0.25) is 10.1 Å². The number of non-ortho nitro benzene ring substituents is 1. The van der Waals surface area contributed by atoms with Gasteiger partial charge < -0.3 is 9.64 Å². The average Bonchev–Trinajstić information content (AvgIpc) is 3.20. The maximum Gasteiger partial charge on any atom is 0.354 e. The number of carbonyl (C=O) groups is 1. The number of nitrogens with zero attached hydrogens (tertiary/aromatic N) is 2. The topological polar surface area (TPSA) is 72.7 Å². The summed E-state index contributed by atoms with van der Waals surface area (Å²) in [4.78, 5) is 25.2. The van der Waals surface area contributed by atoms with Crippen molar-refractivity contribution in [3.63, 3.8) is 0 Å². The molecular formula is C24H20N2O4. The van der Waals surface area contributed by atoms with Crippen molar-refractivity contribution < 1.29 is 14.5 Å². The smallest absolute Gasteiger partial charge is 0.354 e. The first-order valence-electron chi connectivity index (χ1n) is 9.54. The SMILES string of the molecule is COC(=O)C1=C[C@@H](c2ccccc2)[C@H](c2ccccc2)N1c1ccc([N+](=O)[O-])cc1. The van der Waals surface area contributed by atoms with E-state index in [4.69, 9.17) is 4.74 Å². The lowest BCUT2D eigenvalue weighted by atomic mass is 9.88. The van der Waals surface area contributed by atoms with Gasteiger partial charge in [0.2, 0.25) is 0 Å². The molecule has 4 rings (SSSR count). The first kappa shape index (κ1) is 19.4. The van der Waals surface area contributed by atoms with E-state index in [1.807, 2.05) is 71.6 Å². The Morgan fingerprint density at radius 2 is 1.47 bits per heavy atom. The lowest BCUT2D eigenvalue weighted by Crippen LogP contribution is -2.29. The number of esters is 1. The van der Waals surface area contributed by atoms with Crippen LogP contribution in [0.5, 0.6) is 0 Å². The molecule has 0 spiro atoms. The molecule has 3 aromatic rings. The van der Waals surface area contributed by atoms with Gasteiger partial charge in [-0.1, -0.05) is 60.7 Å². The first-order valence-corrected chi connectivity index (χ1v) is 9.54. The van der Waals surface area contributed by atoms with Crippen molar-refractivity contribution in [1.29, 1.82) is 0 Å². The largest absolute Gasteiger partial charge is 0.464 e. The minimum atomic E-state index is -0.451. The van der Waals surface area contributed by atoms with Crippen molar-refractivity contribution in [1.82, 2.24) is 0 Å². The Morgan fingerprint density at radius 3 is 2.00 bits per heavy atom. The quantitative estimate of drug-likeness (QED) is 0.342. The van der Waals surface area contributed by atoms with Crippen LogP contribution in [-0.2, 0) is 9.53 Å². The van der Waals surface area contributed by atoms with Gasteiger partial charge in [-0.05, 0) is 29.3 Å². The van der Waals surface area contributed by atoms with E-state index < -0.39 is 10.9 Å². The number of carbonyl (C=O) groups excluding carboxylic acids is 1. The Balaban J connectivity index is 1.87. The summed E-state index contributed by atoms with van der Waals surface area (Å²) in [6.07, 6.45) is 1.92. The Hall–Kier alpha value is -3.93. The van der Waals surface area contributed by atoms with Crippen molar-refractivity contribution in [2.45, 2.75) is 12.0 Å². The standard InChI is InChI=1S/C24H20N2O4/c1-30-24(27)22-16-21(17-8-4-2-5-9-17)23(18-10-6-3-7-11-18)25(22)19-12-14-20(15-13-19)26(28)29/h2-16,21,23H,1H3/t21-,23-/m0/s1. The highest BCUT2D eigenvalue weighted by molar-refractivity contribution is 5.94. The molecule has 30 heavy (non-hydrogen) atoms. The number of ether oxygens (including phenoxy) is 1. The molecule has 0 fully saturated rings. The molecule has 1 aliphatic heterocycles. The van der Waals surface area contributed by atoms with Crippen LogP contribution in [-0.4, -0.2) is 18.0 Å². The third kappa shape index (κ3) is 3.55. The second kappa shape index (κ2) is 8.21. The molecule has 0 bridgehead atoms. The number of methoxy groups -OCH3 is 1. The van der Waals surface area contributed by atoms with Gasteiger partial charge in [-0.25, -0.2) is 4.79 Å². The predicted octanol–water partition coefficient (Wildman–Crippen LogP) is 5.00. The van der Waals surface area contributed by atoms with Gasteiger partial charge in [0.25, 0.3) is 5.69 Å². The highest BCUT2D eigenvalue weighted by Crippen LogP contribution is 2.47. The van der Waals surface area contributed by atoms with Crippen molar-refractivity contribution in [2.24, 2.45) is 0 Å². The molecule has 0 unspecified atom stereocenters. The van der Waals surface area contributed by atoms with E-state index in [1.54, 1.807) is 12.1 Å². The molecule has 2 atom stereocenters. The van der Waals surface area contributed by atoms with Gasteiger partial charge in [0.1, 0.15) is 5.70 Å². The van der Waals surface area contributed by atoms with Gasteiger partial charge in [-0.15, -0.1) is 0 Å². The monoisotopic (exact) mass is 400 g/mol. The van der Waals surface area contributed by atoms with E-state index in [-0.39, 0.29) is 17.6 Å². The number of nitro benzene ring substituents is 1. The second-order valence-electron chi connectivity index (χ2n) is 6.98. The maximum absolute atomic E-state index is 12.7. The summed E-state index contributed by atoms with van der Waals surface area (Å²) in [5.41, 5.74) is 3.19. The zero-order chi connectivity index (χ0) is 21.1. The number of rotatable bonds is 5. The summed E-state index contributed by atoms with van der Waals surface area (Å²) in [6, 6.07) is 25.9. The summed E-state index contributed by atoms with van der Waals surface area (Å²) in [5.74, 6) is -0.550. The van der Waals surface area contributed by atoms with E-state index in [0.29, 0.717) is 11.4 Å². The van der Waals surface area contributed by atoms with Crippen LogP contribution in [0.2, 0.25) is 0 Å². The lowest BCUT2D eigenvalue weighted by Gasteiger charge is -2.32. The fourth-order valence-corrected chi connectivity index (χ4v) is 3.92. The zero-order valence-corrected chi connectivity index (χ0v) is 16.3. The highest BCUT2D eigenvalue weighted by Gasteiger charge is 2.40. The predicted molar refractivity (Wildman–Crippen MR) is 114 cm³/mol. The zero-order valence-electron chi connectivity index (χ0n) is 16.3. The minimum absolute atomic E-state index is 0.00239. The van der Waals surface area contributed by atoms with Crippen molar-refractivity contribution in [2.75, 3.05) is 12.0 Å². The third-order valence-electron chi connectivity index (χ3n) is 5.27. The molecule has 3 aromatic carbocycles. The molecule has 1 aliphatic rings. The van der Waals surface area contributed by atoms with Gasteiger partial charge >= 0.3 is 5.97 Å². The van der Waals surface area contributed by atoms with Crippen LogP contribution in [0.4, 0.5) is 11.4 Å². The molecule has 6 heteroatoms. The van der Waals surface area contributed by atoms with E-state index in [1.165, 1.54) is 19.2 Å². The number of nitro groups is 1. The van der Waals surface area contributed by atoms with Crippen LogP contribution in [0.25, 0.3) is 0 Å². The fraction of sp³-hybridized carbons (Fsp3) is 0.125. The van der Waals surface area contributed by atoms with Crippen LogP contribution in [0.15, 0.2) is 96.7 Å². The van der Waals surface area contributed by atoms with E-state index in [0.717, 1.165) is 11.1 Å². The fourth-order valence-electron chi connectivity index (χ4n) is 3.92. The molecule has 0 saturated heterocycles. The molecule has 0 N–H and O–H groups in total. The van der Waals surface area contributed by atoms with Crippen LogP contribution >= 0.6 is 0 Å². The molecule has 1 heterocycles. The summed E-state index contributed by atoms with van der Waals surface area (Å²) < 4.78 is 5.06. The molecular weight excluding hydrogens is 380 g/mol. The molecule has 6 nitrogen and oxygen atoms in total. The van der Waals surface area contributed by atoms with Gasteiger partial charge in [0, 0.05) is 23.7 Å². The second-order valence-corrected chi connectivity index (χ2v) is 6.98. The van der Waals surface area contributed by atoms with Gasteiger partial charge in [0.05, 0.1) is 18.1 Å². The van der Waals surface area contributed by atoms with Crippen LogP contribution < -0.4 is 4.90 Å². The van der Waals surface area contributed by atoms with E-state index in [9.17, 15) is 14.9 Å². The van der Waals surface area contributed by atoms with Crippen LogP contribution in [0.1, 0.15) is 23.1 Å². The number of anilines is 1. The summed E-state index contributed by atoms with van der Waals surface area (Å²) in [7, 11) is 1.35. The summed E-state index contributed by atoms with van der Waals surface area (Å²) >= 11 is 0. The van der Waals surface area contributed by atoms with E-state index in [2.05, 4.69) is 0 Å². The lowest BCUT2D eigenvalue weighted by molar-refractivity contribution is -0.384. The maximum atomic E-state index is 12.7. The Kier molecular flexibility index (Phi) is 5.30. The minimum Gasteiger partial charge on any atom is -0.464 e. The van der Waals surface area contributed by atoms with Crippen molar-refractivity contribution in [3.8, 4) is 0 Å². The summed E-state index contributed by atoms with van der Waals surface area (Å²) in [6.45, 7) is 0. The molecule has 0 amide bonds. The molecule has 0 aromatic heterocycles. The Labute approximate surface area is 174 Å².